The van der Waals surface area contributed by atoms with Crippen molar-refractivity contribution in [1.82, 2.24) is 5.06 Å². The minimum atomic E-state index is -0.206. The monoisotopic (exact) mass is 277 g/mol. The van der Waals surface area contributed by atoms with E-state index >= 15 is 0 Å². The molecule has 1 saturated heterocycles. The number of hydrogen-bond donors (Lipinski definition) is 0. The topological polar surface area (TPSA) is 29.5 Å². The zero-order valence-electron chi connectivity index (χ0n) is 13.2. The highest BCUT2D eigenvalue weighted by Gasteiger charge is 2.50. The first-order valence-corrected chi connectivity index (χ1v) is 7.95. The highest BCUT2D eigenvalue weighted by molar-refractivity contribution is 5.81. The zero-order chi connectivity index (χ0) is 14.5. The van der Waals surface area contributed by atoms with Gasteiger partial charge >= 0.3 is 0 Å². The van der Waals surface area contributed by atoms with E-state index in [1.807, 2.05) is 0 Å². The Kier molecular flexibility index (Phi) is 3.33. The molecule has 3 aliphatic rings. The second kappa shape index (κ2) is 4.67. The number of hydrogen-bond acceptors (Lipinski definition) is 3. The third kappa shape index (κ3) is 2.35. The number of fused-ring (bicyclic) bond motifs is 1. The second-order valence-corrected chi connectivity index (χ2v) is 8.03. The molecule has 0 radical (unpaired) electrons. The lowest BCUT2D eigenvalue weighted by Crippen LogP contribution is -2.63. The van der Waals surface area contributed by atoms with Crippen LogP contribution in [0.5, 0.6) is 0 Å². The molecular weight excluding hydrogens is 250 g/mol. The van der Waals surface area contributed by atoms with E-state index in [2.05, 4.69) is 44.9 Å². The lowest BCUT2D eigenvalue weighted by molar-refractivity contribution is -0.324. The maximum atomic E-state index is 11.9. The van der Waals surface area contributed by atoms with Crippen LogP contribution in [0.2, 0.25) is 0 Å². The van der Waals surface area contributed by atoms with Crippen LogP contribution in [-0.4, -0.2) is 28.0 Å². The van der Waals surface area contributed by atoms with Gasteiger partial charge in [-0.15, -0.1) is 0 Å². The van der Waals surface area contributed by atoms with Crippen molar-refractivity contribution in [1.29, 1.82) is 0 Å². The molecule has 0 aromatic carbocycles. The van der Waals surface area contributed by atoms with E-state index in [1.165, 1.54) is 19.3 Å². The van der Waals surface area contributed by atoms with Gasteiger partial charge in [0.1, 0.15) is 5.78 Å². The fraction of sp³-hybridized carbons (Fsp3) is 0.824. The lowest BCUT2D eigenvalue weighted by Gasteiger charge is -2.55. The van der Waals surface area contributed by atoms with Crippen molar-refractivity contribution in [2.24, 2.45) is 11.8 Å². The number of Topliss-reactive ketones (excluding diaryl/α,β-unsaturated/α-hetero) is 1. The average molecular weight is 277 g/mol. The van der Waals surface area contributed by atoms with Crippen molar-refractivity contribution >= 4 is 5.78 Å². The highest BCUT2D eigenvalue weighted by atomic mass is 16.7. The molecule has 1 heterocycles. The summed E-state index contributed by atoms with van der Waals surface area (Å²) in [5, 5.41) is 2.13. The summed E-state index contributed by atoms with van der Waals surface area (Å²) in [4.78, 5) is 18.3. The maximum Gasteiger partial charge on any atom is 0.136 e. The molecule has 3 rings (SSSR count). The average Bonchev–Trinajstić information content (AvgIpc) is 2.26. The Labute approximate surface area is 122 Å². The summed E-state index contributed by atoms with van der Waals surface area (Å²) in [5.41, 5.74) is -0.412. The van der Waals surface area contributed by atoms with E-state index in [-0.39, 0.29) is 11.1 Å². The van der Waals surface area contributed by atoms with Crippen LogP contribution < -0.4 is 0 Å². The van der Waals surface area contributed by atoms with Gasteiger partial charge in [-0.25, -0.2) is 0 Å². The molecule has 112 valence electrons. The largest absolute Gasteiger partial charge is 0.300 e. The van der Waals surface area contributed by atoms with Gasteiger partial charge in [-0.2, -0.15) is 5.06 Å². The highest BCUT2D eigenvalue weighted by Crippen LogP contribution is 2.46. The Morgan fingerprint density at radius 2 is 1.85 bits per heavy atom. The first kappa shape index (κ1) is 14.3. The molecule has 3 nitrogen and oxygen atoms in total. The molecule has 20 heavy (non-hydrogen) atoms. The van der Waals surface area contributed by atoms with E-state index in [0.29, 0.717) is 30.6 Å². The smallest absolute Gasteiger partial charge is 0.136 e. The number of ketones is 1. The molecule has 3 unspecified atom stereocenters. The number of rotatable bonds is 2. The molecule has 0 aromatic rings. The standard InChI is InChI=1S/C17H27NO2/c1-16(2)10-13(19)11-17(3,4)18(16)20-15-9-12-7-5-6-8-14(12)15/h6,8,12,14-15H,5,7,9-11H2,1-4H3. The summed E-state index contributed by atoms with van der Waals surface area (Å²) in [6.07, 6.45) is 9.84. The minimum absolute atomic E-state index is 0.206. The Bertz CT molecular complexity index is 418. The van der Waals surface area contributed by atoms with Crippen molar-refractivity contribution in [3.63, 3.8) is 0 Å². The molecule has 0 amide bonds. The molecule has 0 spiro atoms. The molecule has 1 aliphatic heterocycles. The molecule has 2 aliphatic carbocycles. The molecular formula is C17H27NO2. The number of carbonyl (C=O) groups is 1. The van der Waals surface area contributed by atoms with Gasteiger partial charge in [0.2, 0.25) is 0 Å². The Morgan fingerprint density at radius 1 is 1.20 bits per heavy atom. The SMILES string of the molecule is CC1(C)CC(=O)CC(C)(C)N1OC1CC2CCC=CC21. The predicted molar refractivity (Wildman–Crippen MR) is 79.1 cm³/mol. The predicted octanol–water partition coefficient (Wildman–Crippen LogP) is 3.49. The van der Waals surface area contributed by atoms with Gasteiger partial charge in [0.15, 0.2) is 0 Å². The molecule has 3 heteroatoms. The van der Waals surface area contributed by atoms with Gasteiger partial charge in [0.25, 0.3) is 0 Å². The lowest BCUT2D eigenvalue weighted by atomic mass is 9.66. The van der Waals surface area contributed by atoms with Gasteiger partial charge in [-0.05, 0) is 52.9 Å². The van der Waals surface area contributed by atoms with Crippen molar-refractivity contribution in [3.8, 4) is 0 Å². The van der Waals surface area contributed by atoms with Gasteiger partial charge in [0, 0.05) is 29.8 Å². The van der Waals surface area contributed by atoms with E-state index < -0.39 is 0 Å². The summed E-state index contributed by atoms with van der Waals surface area (Å²) in [6, 6.07) is 0. The summed E-state index contributed by atoms with van der Waals surface area (Å²) in [7, 11) is 0. The quantitative estimate of drug-likeness (QED) is 0.724. The van der Waals surface area contributed by atoms with Crippen LogP contribution in [0, 0.1) is 11.8 Å². The summed E-state index contributed by atoms with van der Waals surface area (Å²) in [5.74, 6) is 1.76. The second-order valence-electron chi connectivity index (χ2n) is 8.03. The van der Waals surface area contributed by atoms with Gasteiger partial charge in [-0.3, -0.25) is 9.63 Å². The summed E-state index contributed by atoms with van der Waals surface area (Å²) < 4.78 is 0. The van der Waals surface area contributed by atoms with Crippen molar-refractivity contribution < 1.29 is 9.63 Å². The Hall–Kier alpha value is -0.670. The Morgan fingerprint density at radius 3 is 2.45 bits per heavy atom. The van der Waals surface area contributed by atoms with Crippen LogP contribution in [0.3, 0.4) is 0 Å². The molecule has 3 atom stereocenters. The third-order valence-corrected chi connectivity index (χ3v) is 5.17. The van der Waals surface area contributed by atoms with Gasteiger partial charge in [-0.1, -0.05) is 12.2 Å². The first-order valence-electron chi connectivity index (χ1n) is 7.95. The molecule has 1 saturated carbocycles. The first-order chi connectivity index (χ1) is 9.29. The zero-order valence-corrected chi connectivity index (χ0v) is 13.2. The van der Waals surface area contributed by atoms with Crippen LogP contribution in [0.4, 0.5) is 0 Å². The summed E-state index contributed by atoms with van der Waals surface area (Å²) >= 11 is 0. The number of carbonyl (C=O) groups excluding carboxylic acids is 1. The van der Waals surface area contributed by atoms with Crippen LogP contribution in [-0.2, 0) is 9.63 Å². The number of allylic oxidation sites excluding steroid dienone is 1. The van der Waals surface area contributed by atoms with Crippen LogP contribution in [0.1, 0.15) is 59.8 Å². The van der Waals surface area contributed by atoms with Crippen molar-refractivity contribution in [2.75, 3.05) is 0 Å². The molecule has 0 aromatic heterocycles. The van der Waals surface area contributed by atoms with Gasteiger partial charge in [0.05, 0.1) is 6.10 Å². The molecule has 0 bridgehead atoms. The Balaban J connectivity index is 1.73. The van der Waals surface area contributed by atoms with Crippen LogP contribution in [0.15, 0.2) is 12.2 Å². The van der Waals surface area contributed by atoms with Crippen molar-refractivity contribution in [3.05, 3.63) is 12.2 Å². The fourth-order valence-corrected chi connectivity index (χ4v) is 4.40. The van der Waals surface area contributed by atoms with Crippen LogP contribution >= 0.6 is 0 Å². The van der Waals surface area contributed by atoms with E-state index in [4.69, 9.17) is 4.84 Å². The van der Waals surface area contributed by atoms with E-state index in [0.717, 1.165) is 5.92 Å². The number of nitrogens with zero attached hydrogens (tertiary/aromatic N) is 1. The van der Waals surface area contributed by atoms with Crippen molar-refractivity contribution in [2.45, 2.75) is 77.0 Å². The van der Waals surface area contributed by atoms with Crippen LogP contribution in [0.25, 0.3) is 0 Å². The fourth-order valence-electron chi connectivity index (χ4n) is 4.40. The number of hydroxylamine groups is 2. The number of piperidine rings is 1. The minimum Gasteiger partial charge on any atom is -0.300 e. The van der Waals surface area contributed by atoms with Gasteiger partial charge < -0.3 is 0 Å². The molecule has 0 N–H and O–H groups in total. The normalized spacial score (nSPS) is 39.2. The summed E-state index contributed by atoms with van der Waals surface area (Å²) in [6.45, 7) is 8.49. The van der Waals surface area contributed by atoms with E-state index in [9.17, 15) is 4.79 Å². The maximum absolute atomic E-state index is 11.9. The van der Waals surface area contributed by atoms with E-state index in [1.54, 1.807) is 0 Å². The molecule has 2 fully saturated rings. The third-order valence-electron chi connectivity index (χ3n) is 5.17.